The van der Waals surface area contributed by atoms with E-state index in [4.69, 9.17) is 5.73 Å². The highest BCUT2D eigenvalue weighted by Gasteiger charge is 2.31. The average Bonchev–Trinajstić information content (AvgIpc) is 3.82. The molecule has 0 aliphatic rings. The third-order valence-electron chi connectivity index (χ3n) is 9.10. The number of primary amides is 1. The molecule has 0 spiro atoms. The van der Waals surface area contributed by atoms with E-state index >= 15 is 0 Å². The zero-order chi connectivity index (χ0) is 40.2. The molecule has 2 heterocycles. The van der Waals surface area contributed by atoms with Crippen LogP contribution < -0.4 is 32.3 Å². The van der Waals surface area contributed by atoms with Crippen LogP contribution in [0.5, 0.6) is 0 Å². The van der Waals surface area contributed by atoms with Crippen molar-refractivity contribution in [3.63, 3.8) is 0 Å². The molecule has 55 heavy (non-hydrogen) atoms. The van der Waals surface area contributed by atoms with Gasteiger partial charge in [0.1, 0.15) is 24.2 Å². The van der Waals surface area contributed by atoms with E-state index in [1.54, 1.807) is 6.20 Å². The summed E-state index contributed by atoms with van der Waals surface area (Å²) in [6.45, 7) is 3.02. The van der Waals surface area contributed by atoms with Crippen molar-refractivity contribution >= 4 is 52.3 Å². The first-order chi connectivity index (χ1) is 26.4. The molecule has 2 aromatic heterocycles. The van der Waals surface area contributed by atoms with Gasteiger partial charge in [-0.1, -0.05) is 76.5 Å². The molecule has 3 rings (SSSR count). The number of carboxylic acid groups (broad SMARTS) is 1. The Kier molecular flexibility index (Phi) is 18.4. The van der Waals surface area contributed by atoms with Crippen molar-refractivity contribution in [3.8, 4) is 0 Å². The van der Waals surface area contributed by atoms with Gasteiger partial charge < -0.3 is 47.4 Å². The molecule has 3 aromatic rings. The fourth-order valence-corrected chi connectivity index (χ4v) is 6.01. The largest absolute Gasteiger partial charge is 0.481 e. The second-order valence-corrected chi connectivity index (χ2v) is 13.7. The van der Waals surface area contributed by atoms with Crippen LogP contribution in [0.3, 0.4) is 0 Å². The Hall–Kier alpha value is -5.74. The Bertz CT molecular complexity index is 1730. The highest BCUT2D eigenvalue weighted by atomic mass is 16.4. The fraction of sp³-hybridized carbons (Fsp3) is 0.526. The highest BCUT2D eigenvalue weighted by molar-refractivity contribution is 5.97. The molecule has 1 aromatic carbocycles. The Labute approximate surface area is 320 Å². The molecule has 0 aliphatic carbocycles. The van der Waals surface area contributed by atoms with E-state index in [-0.39, 0.29) is 25.2 Å². The monoisotopic (exact) mass is 765 g/mol. The van der Waals surface area contributed by atoms with Crippen molar-refractivity contribution in [1.29, 1.82) is 0 Å². The molecule has 0 saturated heterocycles. The lowest BCUT2D eigenvalue weighted by Gasteiger charge is -2.24. The summed E-state index contributed by atoms with van der Waals surface area (Å²) in [6, 6.07) is 2.14. The summed E-state index contributed by atoms with van der Waals surface area (Å²) < 4.78 is 0. The van der Waals surface area contributed by atoms with Crippen LogP contribution in [0.4, 0.5) is 0 Å². The molecule has 0 bridgehead atoms. The number of aliphatic carboxylic acids is 1. The number of imidazole rings is 1. The number of carboxylic acids is 1. The number of fused-ring (bicyclic) bond motifs is 1. The zero-order valence-corrected chi connectivity index (χ0v) is 31.6. The van der Waals surface area contributed by atoms with E-state index in [0.29, 0.717) is 12.1 Å². The van der Waals surface area contributed by atoms with Gasteiger partial charge in [-0.3, -0.25) is 33.6 Å². The molecular weight excluding hydrogens is 710 g/mol. The topological polar surface area (TPSA) is 270 Å². The number of para-hydroxylation sites is 1. The van der Waals surface area contributed by atoms with Crippen LogP contribution in [0.1, 0.15) is 95.7 Å². The van der Waals surface area contributed by atoms with Crippen molar-refractivity contribution < 1.29 is 38.7 Å². The molecule has 6 amide bonds. The summed E-state index contributed by atoms with van der Waals surface area (Å²) in [4.78, 5) is 98.8. The highest BCUT2D eigenvalue weighted by Crippen LogP contribution is 2.19. The number of nitrogens with zero attached hydrogens (tertiary/aromatic N) is 1. The van der Waals surface area contributed by atoms with E-state index in [1.807, 2.05) is 24.3 Å². The van der Waals surface area contributed by atoms with Crippen LogP contribution in [0.15, 0.2) is 43.0 Å². The fourth-order valence-electron chi connectivity index (χ4n) is 6.01. The number of H-pyrrole nitrogens is 2. The lowest BCUT2D eigenvalue weighted by atomic mass is 10.0. The number of aromatic amines is 2. The van der Waals surface area contributed by atoms with Gasteiger partial charge >= 0.3 is 5.97 Å². The number of carbonyl (C=O) groups is 7. The van der Waals surface area contributed by atoms with Crippen LogP contribution in [-0.4, -0.2) is 92.2 Å². The first-order valence-electron chi connectivity index (χ1n) is 18.9. The molecule has 17 nitrogen and oxygen atoms in total. The van der Waals surface area contributed by atoms with E-state index in [9.17, 15) is 38.7 Å². The van der Waals surface area contributed by atoms with Crippen molar-refractivity contribution in [2.24, 2.45) is 5.73 Å². The van der Waals surface area contributed by atoms with E-state index in [1.165, 1.54) is 51.6 Å². The molecule has 0 fully saturated rings. The number of aromatic nitrogens is 3. The van der Waals surface area contributed by atoms with Gasteiger partial charge in [-0.2, -0.15) is 0 Å². The van der Waals surface area contributed by atoms with E-state index in [2.05, 4.69) is 48.5 Å². The summed E-state index contributed by atoms with van der Waals surface area (Å²) in [6.07, 6.45) is 13.9. The number of amides is 6. The lowest BCUT2D eigenvalue weighted by molar-refractivity contribution is -0.141. The Morgan fingerprint density at radius 3 is 2.07 bits per heavy atom. The predicted molar refractivity (Wildman–Crippen MR) is 204 cm³/mol. The summed E-state index contributed by atoms with van der Waals surface area (Å²) in [5, 5.41) is 22.6. The molecule has 0 unspecified atom stereocenters. The van der Waals surface area contributed by atoms with E-state index < -0.39 is 72.6 Å². The molecular formula is C38H55N9O8. The van der Waals surface area contributed by atoms with Gasteiger partial charge in [-0.05, 0) is 25.0 Å². The quantitative estimate of drug-likeness (QED) is 0.0537. The van der Waals surface area contributed by atoms with Gasteiger partial charge in [0.05, 0.1) is 25.0 Å². The molecule has 4 atom stereocenters. The predicted octanol–water partition coefficient (Wildman–Crippen LogP) is 1.63. The smallest absolute Gasteiger partial charge is 0.305 e. The Balaban J connectivity index is 1.53. The SMILES string of the molecule is CCCCCCCCCCCC(=O)NCC(=O)N[C@@H](CC(=O)O)C(=O)N[C@@H](C)C(=O)N[C@@H](Cc1c[nH]cn1)C(=O)N[C@@H](Cc1c[nH]c2ccccc12)C(N)=O. The van der Waals surface area contributed by atoms with Crippen molar-refractivity contribution in [2.45, 2.75) is 121 Å². The number of unbranched alkanes of at least 4 members (excludes halogenated alkanes) is 8. The minimum Gasteiger partial charge on any atom is -0.481 e. The van der Waals surface area contributed by atoms with Gasteiger partial charge in [0, 0.05) is 42.6 Å². The number of rotatable bonds is 26. The van der Waals surface area contributed by atoms with Gasteiger partial charge in [-0.15, -0.1) is 0 Å². The van der Waals surface area contributed by atoms with Crippen LogP contribution in [-0.2, 0) is 46.4 Å². The van der Waals surface area contributed by atoms with Crippen LogP contribution in [0.2, 0.25) is 0 Å². The van der Waals surface area contributed by atoms with Crippen molar-refractivity contribution in [2.75, 3.05) is 6.54 Å². The van der Waals surface area contributed by atoms with Crippen LogP contribution in [0, 0.1) is 0 Å². The Morgan fingerprint density at radius 2 is 1.42 bits per heavy atom. The number of nitrogens with two attached hydrogens (primary N) is 1. The van der Waals surface area contributed by atoms with Crippen LogP contribution >= 0.6 is 0 Å². The summed E-state index contributed by atoms with van der Waals surface area (Å²) in [7, 11) is 0. The second kappa shape index (κ2) is 23.1. The van der Waals surface area contributed by atoms with Gasteiger partial charge in [0.15, 0.2) is 0 Å². The standard InChI is InChI=1S/C38H55N9O8/c1-3-4-5-6-7-8-9-10-11-16-32(48)42-22-33(49)45-31(19-34(50)51)37(54)44-24(2)36(53)47-30(18-26-21-40-23-43-26)38(55)46-29(35(39)52)17-25-20-41-28-15-13-12-14-27(25)28/h12-15,20-21,23-24,29-31,41H,3-11,16-19,22H2,1-2H3,(H2,39,52)(H,40,43)(H,42,48)(H,44,54)(H,45,49)(H,46,55)(H,47,53)(H,50,51)/t24-,29-,30-,31-/m0/s1. The van der Waals surface area contributed by atoms with Crippen molar-refractivity contribution in [3.05, 3.63) is 54.2 Å². The normalized spacial score (nSPS) is 13.2. The maximum absolute atomic E-state index is 13.5. The van der Waals surface area contributed by atoms with Crippen LogP contribution in [0.25, 0.3) is 10.9 Å². The maximum atomic E-state index is 13.5. The summed E-state index contributed by atoms with van der Waals surface area (Å²) in [5.41, 5.74) is 7.64. The van der Waals surface area contributed by atoms with Crippen molar-refractivity contribution in [1.82, 2.24) is 41.5 Å². The average molecular weight is 766 g/mol. The lowest BCUT2D eigenvalue weighted by Crippen LogP contribution is -2.58. The molecule has 0 radical (unpaired) electrons. The van der Waals surface area contributed by atoms with Gasteiger partial charge in [0.25, 0.3) is 0 Å². The number of nitrogens with one attached hydrogen (secondary N) is 7. The first kappa shape index (κ1) is 43.7. The minimum absolute atomic E-state index is 0.0697. The molecule has 10 N–H and O–H groups in total. The Morgan fingerprint density at radius 1 is 0.764 bits per heavy atom. The second-order valence-electron chi connectivity index (χ2n) is 13.7. The molecule has 0 aliphatic heterocycles. The van der Waals surface area contributed by atoms with Gasteiger partial charge in [0.2, 0.25) is 35.4 Å². The van der Waals surface area contributed by atoms with E-state index in [0.717, 1.165) is 35.7 Å². The number of benzene rings is 1. The molecule has 0 saturated carbocycles. The maximum Gasteiger partial charge on any atom is 0.305 e. The third-order valence-corrected chi connectivity index (χ3v) is 9.10. The summed E-state index contributed by atoms with van der Waals surface area (Å²) >= 11 is 0. The van der Waals surface area contributed by atoms with Gasteiger partial charge in [-0.25, -0.2) is 4.98 Å². The zero-order valence-electron chi connectivity index (χ0n) is 31.6. The number of hydrogen-bond acceptors (Lipinski definition) is 8. The molecule has 300 valence electrons. The summed E-state index contributed by atoms with van der Waals surface area (Å²) in [5.74, 6) is -5.84. The third kappa shape index (κ3) is 15.6. The molecule has 17 heteroatoms. The number of carbonyl (C=O) groups excluding carboxylic acids is 6. The minimum atomic E-state index is -1.57. The first-order valence-corrected chi connectivity index (χ1v) is 18.9. The number of hydrogen-bond donors (Lipinski definition) is 9.